The average Bonchev–Trinajstić information content (AvgIpc) is 3.51. The van der Waals surface area contributed by atoms with Crippen molar-refractivity contribution in [2.24, 2.45) is 5.92 Å². The van der Waals surface area contributed by atoms with Crippen LogP contribution in [0.2, 0.25) is 0 Å². The molecular weight excluding hydrogens is 384 g/mol. The van der Waals surface area contributed by atoms with E-state index in [4.69, 9.17) is 13.9 Å². The lowest BCUT2D eigenvalue weighted by atomic mass is 10.1. The van der Waals surface area contributed by atoms with Gasteiger partial charge in [0.2, 0.25) is 0 Å². The fourth-order valence-corrected chi connectivity index (χ4v) is 4.58. The van der Waals surface area contributed by atoms with Gasteiger partial charge in [0.25, 0.3) is 5.91 Å². The quantitative estimate of drug-likeness (QED) is 0.735. The summed E-state index contributed by atoms with van der Waals surface area (Å²) in [5.41, 5.74) is -0.159. The van der Waals surface area contributed by atoms with Crippen molar-refractivity contribution in [1.82, 2.24) is 10.2 Å². The monoisotopic (exact) mass is 412 g/mol. The van der Waals surface area contributed by atoms with Gasteiger partial charge < -0.3 is 19.2 Å². The van der Waals surface area contributed by atoms with Crippen molar-refractivity contribution >= 4 is 16.9 Å². The zero-order valence-electron chi connectivity index (χ0n) is 17.3. The second-order valence-electron chi connectivity index (χ2n) is 8.72. The molecule has 160 valence electrons. The van der Waals surface area contributed by atoms with Crippen LogP contribution in [0, 0.1) is 5.92 Å². The maximum atomic E-state index is 12.8. The molecule has 7 heteroatoms. The van der Waals surface area contributed by atoms with Gasteiger partial charge in [-0.05, 0) is 49.8 Å². The topological polar surface area (TPSA) is 81.0 Å². The molecule has 1 amide bonds. The largest absolute Gasteiger partial charge is 0.493 e. The van der Waals surface area contributed by atoms with E-state index in [0.29, 0.717) is 35.5 Å². The highest BCUT2D eigenvalue weighted by atomic mass is 16.5. The molecule has 1 aromatic heterocycles. The lowest BCUT2D eigenvalue weighted by molar-refractivity contribution is -0.0581. The first-order valence-electron chi connectivity index (χ1n) is 11.0. The van der Waals surface area contributed by atoms with Crippen LogP contribution < -0.4 is 15.7 Å². The van der Waals surface area contributed by atoms with E-state index < -0.39 is 5.63 Å². The molecule has 3 atom stereocenters. The van der Waals surface area contributed by atoms with Gasteiger partial charge in [0.1, 0.15) is 16.9 Å². The van der Waals surface area contributed by atoms with Crippen molar-refractivity contribution in [3.05, 3.63) is 40.2 Å². The maximum Gasteiger partial charge on any atom is 0.349 e. The van der Waals surface area contributed by atoms with Crippen LogP contribution in [0.3, 0.4) is 0 Å². The molecule has 3 heterocycles. The minimum atomic E-state index is -0.625. The lowest BCUT2D eigenvalue weighted by Gasteiger charge is -2.35. The van der Waals surface area contributed by atoms with E-state index in [0.717, 1.165) is 38.5 Å². The molecular formula is C23H28N2O5. The minimum absolute atomic E-state index is 0.0176. The third-order valence-electron chi connectivity index (χ3n) is 6.35. The van der Waals surface area contributed by atoms with Gasteiger partial charge in [0.15, 0.2) is 0 Å². The molecule has 0 unspecified atom stereocenters. The first-order chi connectivity index (χ1) is 14.6. The molecule has 2 aliphatic heterocycles. The number of nitrogens with one attached hydrogen (secondary N) is 1. The molecule has 1 N–H and O–H groups in total. The van der Waals surface area contributed by atoms with Gasteiger partial charge in [-0.1, -0.05) is 6.92 Å². The van der Waals surface area contributed by atoms with Crippen molar-refractivity contribution in [3.8, 4) is 5.75 Å². The molecule has 0 spiro atoms. The summed E-state index contributed by atoms with van der Waals surface area (Å²) in [6.45, 7) is 5.11. The van der Waals surface area contributed by atoms with Gasteiger partial charge in [-0.25, -0.2) is 4.79 Å². The third kappa shape index (κ3) is 3.96. The van der Waals surface area contributed by atoms with Crippen LogP contribution in [0.15, 0.2) is 33.5 Å². The van der Waals surface area contributed by atoms with Crippen LogP contribution in [0.1, 0.15) is 43.0 Å². The Morgan fingerprint density at radius 2 is 2.13 bits per heavy atom. The Morgan fingerprint density at radius 1 is 1.27 bits per heavy atom. The lowest BCUT2D eigenvalue weighted by Crippen LogP contribution is -2.47. The predicted octanol–water partition coefficient (Wildman–Crippen LogP) is 2.56. The molecule has 0 bridgehead atoms. The number of benzene rings is 1. The summed E-state index contributed by atoms with van der Waals surface area (Å²) in [5, 5.41) is 3.74. The Labute approximate surface area is 175 Å². The van der Waals surface area contributed by atoms with Crippen LogP contribution in [-0.2, 0) is 4.74 Å². The summed E-state index contributed by atoms with van der Waals surface area (Å²) in [5.74, 6) is 0.996. The number of amides is 1. The third-order valence-corrected chi connectivity index (χ3v) is 6.35. The fraction of sp³-hybridized carbons (Fsp3) is 0.565. The number of morpholine rings is 1. The Hall–Kier alpha value is -2.38. The van der Waals surface area contributed by atoms with Gasteiger partial charge in [-0.3, -0.25) is 9.69 Å². The number of ether oxygens (including phenoxy) is 2. The highest BCUT2D eigenvalue weighted by Crippen LogP contribution is 2.37. The van der Waals surface area contributed by atoms with Crippen LogP contribution >= 0.6 is 0 Å². The molecule has 2 saturated heterocycles. The number of hydrogen-bond donors (Lipinski definition) is 1. The van der Waals surface area contributed by atoms with Gasteiger partial charge in [-0.15, -0.1) is 0 Å². The fourth-order valence-electron chi connectivity index (χ4n) is 4.58. The molecule has 0 radical (unpaired) electrons. The Balaban J connectivity index is 1.26. The molecule has 2 aromatic rings. The number of fused-ring (bicyclic) bond motifs is 2. The van der Waals surface area contributed by atoms with Crippen LogP contribution in [0.5, 0.6) is 5.75 Å². The zero-order valence-corrected chi connectivity index (χ0v) is 17.3. The molecule has 3 fully saturated rings. The molecule has 30 heavy (non-hydrogen) atoms. The SMILES string of the molecule is CCCOc1ccc2cc(C(=O)N[C@H]3C[C@H]4CO[C@@H](C5CC5)CN4C3)c(=O)oc2c1. The Kier molecular flexibility index (Phi) is 5.25. The van der Waals surface area contributed by atoms with E-state index in [1.807, 2.05) is 19.1 Å². The van der Waals surface area contributed by atoms with Gasteiger partial charge >= 0.3 is 5.63 Å². The second kappa shape index (κ2) is 8.04. The van der Waals surface area contributed by atoms with Gasteiger partial charge in [-0.2, -0.15) is 0 Å². The summed E-state index contributed by atoms with van der Waals surface area (Å²) in [7, 11) is 0. The number of nitrogens with zero attached hydrogens (tertiary/aromatic N) is 1. The van der Waals surface area contributed by atoms with Crippen molar-refractivity contribution in [1.29, 1.82) is 0 Å². The normalized spacial score (nSPS) is 26.5. The van der Waals surface area contributed by atoms with E-state index in [-0.39, 0.29) is 17.5 Å². The number of rotatable bonds is 6. The van der Waals surface area contributed by atoms with E-state index in [2.05, 4.69) is 10.2 Å². The highest BCUT2D eigenvalue weighted by molar-refractivity contribution is 5.97. The first kappa shape index (κ1) is 19.6. The number of carbonyl (C=O) groups excluding carboxylic acids is 1. The van der Waals surface area contributed by atoms with Crippen LogP contribution in [0.4, 0.5) is 0 Å². The molecule has 3 aliphatic rings. The second-order valence-corrected chi connectivity index (χ2v) is 8.72. The summed E-state index contributed by atoms with van der Waals surface area (Å²) >= 11 is 0. The molecule has 5 rings (SSSR count). The van der Waals surface area contributed by atoms with E-state index in [9.17, 15) is 9.59 Å². The van der Waals surface area contributed by atoms with Crippen molar-refractivity contribution in [2.75, 3.05) is 26.3 Å². The van der Waals surface area contributed by atoms with E-state index in [1.165, 1.54) is 12.8 Å². The summed E-state index contributed by atoms with van der Waals surface area (Å²) in [6, 6.07) is 7.30. The van der Waals surface area contributed by atoms with Gasteiger partial charge in [0.05, 0.1) is 19.3 Å². The Bertz CT molecular complexity index is 999. The predicted molar refractivity (Wildman–Crippen MR) is 112 cm³/mol. The van der Waals surface area contributed by atoms with E-state index >= 15 is 0 Å². The molecule has 1 aliphatic carbocycles. The standard InChI is InChI=1S/C23H28N2O5/c1-2-7-28-18-6-5-15-8-19(23(27)30-20(15)10-18)22(26)24-16-9-17-13-29-21(14-3-4-14)12-25(17)11-16/h5-6,8,10,14,16-17,21H,2-4,7,9,11-13H2,1H3,(H,24,26)/t16-,17-,21+/m0/s1. The highest BCUT2D eigenvalue weighted by Gasteiger charge is 2.42. The number of carbonyl (C=O) groups is 1. The average molecular weight is 412 g/mol. The van der Waals surface area contributed by atoms with Crippen LogP contribution in [-0.4, -0.2) is 55.3 Å². The van der Waals surface area contributed by atoms with Crippen molar-refractivity contribution < 1.29 is 18.7 Å². The van der Waals surface area contributed by atoms with Crippen LogP contribution in [0.25, 0.3) is 11.0 Å². The maximum absolute atomic E-state index is 12.8. The minimum Gasteiger partial charge on any atom is -0.493 e. The summed E-state index contributed by atoms with van der Waals surface area (Å²) in [4.78, 5) is 27.7. The van der Waals surface area contributed by atoms with E-state index in [1.54, 1.807) is 12.1 Å². The van der Waals surface area contributed by atoms with Crippen molar-refractivity contribution in [2.45, 2.75) is 50.8 Å². The van der Waals surface area contributed by atoms with Crippen molar-refractivity contribution in [3.63, 3.8) is 0 Å². The first-order valence-corrected chi connectivity index (χ1v) is 11.0. The summed E-state index contributed by atoms with van der Waals surface area (Å²) < 4.78 is 17.0. The van der Waals surface area contributed by atoms with Gasteiger partial charge in [0, 0.05) is 36.6 Å². The number of hydrogen-bond acceptors (Lipinski definition) is 6. The zero-order chi connectivity index (χ0) is 20.7. The Morgan fingerprint density at radius 3 is 2.93 bits per heavy atom. The molecule has 1 saturated carbocycles. The molecule has 1 aromatic carbocycles. The smallest absolute Gasteiger partial charge is 0.349 e. The molecule has 7 nitrogen and oxygen atoms in total. The summed E-state index contributed by atoms with van der Waals surface area (Å²) in [6.07, 6.45) is 4.63.